The fraction of sp³-hybridized carbons (Fsp3) is 0.273. The van der Waals surface area contributed by atoms with Crippen molar-refractivity contribution < 1.29 is 9.59 Å². The van der Waals surface area contributed by atoms with Gasteiger partial charge in [0.05, 0.1) is 9.99 Å². The summed E-state index contributed by atoms with van der Waals surface area (Å²) in [6.07, 6.45) is 4.20. The SMILES string of the molecule is CC1CCN(C(=O)c2ccc(Br)cc2)CC1NC(=O)c1ccc2cncc(Br)c2n1. The number of nitrogens with zero attached hydrogens (tertiary/aromatic N) is 3. The summed E-state index contributed by atoms with van der Waals surface area (Å²) in [4.78, 5) is 36.2. The molecule has 0 bridgehead atoms. The van der Waals surface area contributed by atoms with E-state index in [4.69, 9.17) is 0 Å². The van der Waals surface area contributed by atoms with Gasteiger partial charge in [-0.15, -0.1) is 0 Å². The number of carbonyl (C=O) groups excluding carboxylic acids is 2. The molecular weight excluding hydrogens is 512 g/mol. The van der Waals surface area contributed by atoms with Gasteiger partial charge in [-0.05, 0) is 64.7 Å². The molecule has 1 aliphatic heterocycles. The molecule has 0 saturated carbocycles. The lowest BCUT2D eigenvalue weighted by atomic mass is 9.92. The average Bonchev–Trinajstić information content (AvgIpc) is 2.75. The first-order valence-electron chi connectivity index (χ1n) is 9.68. The Labute approximate surface area is 191 Å². The van der Waals surface area contributed by atoms with E-state index < -0.39 is 0 Å². The van der Waals surface area contributed by atoms with Crippen molar-refractivity contribution in [3.63, 3.8) is 0 Å². The van der Waals surface area contributed by atoms with E-state index in [-0.39, 0.29) is 23.8 Å². The van der Waals surface area contributed by atoms with E-state index in [1.165, 1.54) is 0 Å². The number of amides is 2. The van der Waals surface area contributed by atoms with Crippen LogP contribution in [0.15, 0.2) is 57.7 Å². The zero-order valence-electron chi connectivity index (χ0n) is 16.3. The summed E-state index contributed by atoms with van der Waals surface area (Å²) >= 11 is 6.83. The Morgan fingerprint density at radius 2 is 1.87 bits per heavy atom. The summed E-state index contributed by atoms with van der Waals surface area (Å²) in [6.45, 7) is 3.25. The van der Waals surface area contributed by atoms with Crippen LogP contribution in [0, 0.1) is 5.92 Å². The van der Waals surface area contributed by atoms with Gasteiger partial charge in [0, 0.05) is 46.9 Å². The second-order valence-corrected chi connectivity index (χ2v) is 9.26. The van der Waals surface area contributed by atoms with Gasteiger partial charge < -0.3 is 10.2 Å². The highest BCUT2D eigenvalue weighted by molar-refractivity contribution is 9.11. The number of benzene rings is 1. The molecule has 1 aromatic carbocycles. The molecule has 0 radical (unpaired) electrons. The first-order valence-corrected chi connectivity index (χ1v) is 11.3. The first kappa shape index (κ1) is 20.9. The van der Waals surface area contributed by atoms with Crippen LogP contribution in [0.3, 0.4) is 0 Å². The molecule has 0 spiro atoms. The summed E-state index contributed by atoms with van der Waals surface area (Å²) in [5.41, 5.74) is 1.69. The van der Waals surface area contributed by atoms with Crippen molar-refractivity contribution in [3.05, 3.63) is 69.0 Å². The van der Waals surface area contributed by atoms with Gasteiger partial charge in [0.25, 0.3) is 11.8 Å². The van der Waals surface area contributed by atoms with Gasteiger partial charge in [-0.1, -0.05) is 22.9 Å². The monoisotopic (exact) mass is 530 g/mol. The van der Waals surface area contributed by atoms with E-state index in [2.05, 4.69) is 54.1 Å². The van der Waals surface area contributed by atoms with Gasteiger partial charge in [-0.3, -0.25) is 14.6 Å². The number of nitrogens with one attached hydrogen (secondary N) is 1. The van der Waals surface area contributed by atoms with Crippen molar-refractivity contribution in [2.45, 2.75) is 19.4 Å². The number of rotatable bonds is 3. The van der Waals surface area contributed by atoms with Crippen LogP contribution in [-0.4, -0.2) is 45.8 Å². The minimum atomic E-state index is -0.240. The number of halogens is 2. The van der Waals surface area contributed by atoms with E-state index in [9.17, 15) is 9.59 Å². The second-order valence-electron chi connectivity index (χ2n) is 7.49. The molecule has 3 aromatic rings. The molecule has 1 aliphatic rings. The number of fused-ring (bicyclic) bond motifs is 1. The van der Waals surface area contributed by atoms with Crippen molar-refractivity contribution in [2.75, 3.05) is 13.1 Å². The van der Waals surface area contributed by atoms with Gasteiger partial charge in [-0.25, -0.2) is 4.98 Å². The van der Waals surface area contributed by atoms with E-state index in [1.807, 2.05) is 35.2 Å². The predicted molar refractivity (Wildman–Crippen MR) is 122 cm³/mol. The molecule has 0 aliphatic carbocycles. The molecule has 1 fully saturated rings. The number of aromatic nitrogens is 2. The molecule has 2 amide bonds. The van der Waals surface area contributed by atoms with Crippen molar-refractivity contribution in [1.29, 1.82) is 0 Å². The summed E-state index contributed by atoms with van der Waals surface area (Å²) in [5.74, 6) is 0.00335. The molecule has 154 valence electrons. The van der Waals surface area contributed by atoms with Crippen molar-refractivity contribution >= 4 is 54.6 Å². The van der Waals surface area contributed by atoms with Crippen LogP contribution in [0.5, 0.6) is 0 Å². The van der Waals surface area contributed by atoms with Crippen LogP contribution in [-0.2, 0) is 0 Å². The number of carbonyl (C=O) groups is 2. The lowest BCUT2D eigenvalue weighted by Gasteiger charge is -2.37. The maximum Gasteiger partial charge on any atom is 0.270 e. The molecule has 3 heterocycles. The average molecular weight is 532 g/mol. The molecule has 2 unspecified atom stereocenters. The summed E-state index contributed by atoms with van der Waals surface area (Å²) in [5, 5.41) is 3.94. The van der Waals surface area contributed by atoms with Gasteiger partial charge in [0.15, 0.2) is 0 Å². The first-order chi connectivity index (χ1) is 14.4. The van der Waals surface area contributed by atoms with Crippen LogP contribution >= 0.6 is 31.9 Å². The molecule has 1 N–H and O–H groups in total. The topological polar surface area (TPSA) is 75.2 Å². The quantitative estimate of drug-likeness (QED) is 0.542. The normalized spacial score (nSPS) is 19.0. The number of hydrogen-bond donors (Lipinski definition) is 1. The molecule has 30 heavy (non-hydrogen) atoms. The van der Waals surface area contributed by atoms with E-state index in [0.29, 0.717) is 29.9 Å². The minimum Gasteiger partial charge on any atom is -0.346 e. The van der Waals surface area contributed by atoms with Crippen LogP contribution in [0.25, 0.3) is 10.9 Å². The Kier molecular flexibility index (Phi) is 6.15. The zero-order valence-corrected chi connectivity index (χ0v) is 19.5. The maximum absolute atomic E-state index is 12.9. The lowest BCUT2D eigenvalue weighted by molar-refractivity contribution is 0.0624. The molecule has 4 rings (SSSR count). The van der Waals surface area contributed by atoms with Gasteiger partial charge in [0.2, 0.25) is 0 Å². The highest BCUT2D eigenvalue weighted by Crippen LogP contribution is 2.22. The third kappa shape index (κ3) is 4.39. The Hall–Kier alpha value is -2.32. The summed E-state index contributed by atoms with van der Waals surface area (Å²) in [7, 11) is 0. The Morgan fingerprint density at radius 1 is 1.10 bits per heavy atom. The van der Waals surface area contributed by atoms with Crippen molar-refractivity contribution in [1.82, 2.24) is 20.2 Å². The number of piperidine rings is 1. The highest BCUT2D eigenvalue weighted by atomic mass is 79.9. The van der Waals surface area contributed by atoms with Crippen molar-refractivity contribution in [2.24, 2.45) is 5.92 Å². The zero-order chi connectivity index (χ0) is 21.3. The fourth-order valence-corrected chi connectivity index (χ4v) is 4.30. The predicted octanol–water partition coefficient (Wildman–Crippen LogP) is 4.44. The standard InChI is InChI=1S/C22H20Br2N4O2/c1-13-8-9-28(22(30)14-2-5-16(23)6-3-14)12-19(13)27-21(29)18-7-4-15-10-25-11-17(24)20(15)26-18/h2-7,10-11,13,19H,8-9,12H2,1H3,(H,27,29). The maximum atomic E-state index is 12.9. The number of hydrogen-bond acceptors (Lipinski definition) is 4. The second kappa shape index (κ2) is 8.81. The number of pyridine rings is 2. The van der Waals surface area contributed by atoms with E-state index in [0.717, 1.165) is 20.8 Å². The Morgan fingerprint density at radius 3 is 2.63 bits per heavy atom. The summed E-state index contributed by atoms with van der Waals surface area (Å²) in [6, 6.07) is 10.7. The highest BCUT2D eigenvalue weighted by Gasteiger charge is 2.31. The van der Waals surface area contributed by atoms with Crippen LogP contribution < -0.4 is 5.32 Å². The Balaban J connectivity index is 1.49. The fourth-order valence-electron chi connectivity index (χ4n) is 3.60. The third-order valence-corrected chi connectivity index (χ3v) is 6.55. The molecule has 8 heteroatoms. The molecular formula is C22H20Br2N4O2. The Bertz CT molecular complexity index is 1100. The smallest absolute Gasteiger partial charge is 0.270 e. The summed E-state index contributed by atoms with van der Waals surface area (Å²) < 4.78 is 1.67. The van der Waals surface area contributed by atoms with Gasteiger partial charge >= 0.3 is 0 Å². The minimum absolute atomic E-state index is 0.0195. The molecule has 2 aromatic heterocycles. The largest absolute Gasteiger partial charge is 0.346 e. The third-order valence-electron chi connectivity index (χ3n) is 5.44. The molecule has 2 atom stereocenters. The van der Waals surface area contributed by atoms with Crippen LogP contribution in [0.4, 0.5) is 0 Å². The van der Waals surface area contributed by atoms with E-state index in [1.54, 1.807) is 18.5 Å². The van der Waals surface area contributed by atoms with E-state index >= 15 is 0 Å². The van der Waals surface area contributed by atoms with Gasteiger partial charge in [-0.2, -0.15) is 0 Å². The van der Waals surface area contributed by atoms with Crippen LogP contribution in [0.2, 0.25) is 0 Å². The van der Waals surface area contributed by atoms with Gasteiger partial charge in [0.1, 0.15) is 5.69 Å². The molecule has 6 nitrogen and oxygen atoms in total. The number of likely N-dealkylation sites (tertiary alicyclic amines) is 1. The van der Waals surface area contributed by atoms with Crippen molar-refractivity contribution in [3.8, 4) is 0 Å². The lowest BCUT2D eigenvalue weighted by Crippen LogP contribution is -2.53. The molecule has 1 saturated heterocycles. The van der Waals surface area contributed by atoms with Crippen LogP contribution in [0.1, 0.15) is 34.2 Å².